The summed E-state index contributed by atoms with van der Waals surface area (Å²) in [5, 5.41) is 6.48. The average Bonchev–Trinajstić information content (AvgIpc) is 2.55. The van der Waals surface area contributed by atoms with Crippen LogP contribution >= 0.6 is 0 Å². The molecule has 0 aliphatic rings. The molecule has 0 aromatic heterocycles. The smallest absolute Gasteiger partial charge is 0.318 e. The van der Waals surface area contributed by atoms with E-state index in [1.165, 1.54) is 0 Å². The van der Waals surface area contributed by atoms with Gasteiger partial charge in [0.2, 0.25) is 0 Å². The molecular weight excluding hydrogens is 290 g/mol. The average molecular weight is 309 g/mol. The summed E-state index contributed by atoms with van der Waals surface area (Å²) >= 11 is 0. The van der Waals surface area contributed by atoms with Crippen LogP contribution in [-0.2, 0) is 9.59 Å². The fourth-order valence-electron chi connectivity index (χ4n) is 1.87. The molecule has 2 amide bonds. The lowest BCUT2D eigenvalue weighted by molar-refractivity contribution is -0.136. The number of nitrogens with one attached hydrogen (secondary N) is 2. The molecule has 5 nitrogen and oxygen atoms in total. The number of benzene rings is 2. The monoisotopic (exact) mass is 309 g/mol. The lowest BCUT2D eigenvalue weighted by Gasteiger charge is -2.05. The molecule has 2 aromatic carbocycles. The lowest BCUT2D eigenvalue weighted by atomic mass is 10.1. The predicted octanol–water partition coefficient (Wildman–Crippen LogP) is 2.78. The van der Waals surface area contributed by atoms with Gasteiger partial charge in [0, 0.05) is 5.69 Å². The molecule has 0 aliphatic heterocycles. The second-order valence-corrected chi connectivity index (χ2v) is 5.32. The number of carbonyl (C=O) groups excluding carboxylic acids is 2. The van der Waals surface area contributed by atoms with Crippen molar-refractivity contribution < 1.29 is 9.59 Å². The minimum Gasteiger partial charge on any atom is -0.318 e. The largest absolute Gasteiger partial charge is 0.329 e. The Morgan fingerprint density at radius 2 is 1.35 bits per heavy atom. The number of carbonyl (C=O) groups is 2. The van der Waals surface area contributed by atoms with Crippen LogP contribution in [0.25, 0.3) is 0 Å². The Labute approximate surface area is 135 Å². The molecule has 0 fully saturated rings. The van der Waals surface area contributed by atoms with E-state index in [0.717, 1.165) is 16.7 Å². The zero-order valence-electron chi connectivity index (χ0n) is 13.4. The van der Waals surface area contributed by atoms with E-state index in [0.29, 0.717) is 11.4 Å². The van der Waals surface area contributed by atoms with Gasteiger partial charge in [0.25, 0.3) is 0 Å². The van der Waals surface area contributed by atoms with Crippen LogP contribution in [0.1, 0.15) is 23.6 Å². The molecule has 0 spiro atoms. The van der Waals surface area contributed by atoms with Gasteiger partial charge in [0.05, 0.1) is 5.71 Å². The Morgan fingerprint density at radius 1 is 0.826 bits per heavy atom. The van der Waals surface area contributed by atoms with E-state index >= 15 is 0 Å². The van der Waals surface area contributed by atoms with Gasteiger partial charge >= 0.3 is 11.8 Å². The van der Waals surface area contributed by atoms with Gasteiger partial charge < -0.3 is 5.32 Å². The number of aryl methyl sites for hydroxylation is 2. The highest BCUT2D eigenvalue weighted by Crippen LogP contribution is 2.08. The highest BCUT2D eigenvalue weighted by molar-refractivity contribution is 6.39. The third-order valence-corrected chi connectivity index (χ3v) is 3.31. The number of hydrogen-bond donors (Lipinski definition) is 2. The van der Waals surface area contributed by atoms with Gasteiger partial charge in [-0.2, -0.15) is 5.10 Å². The molecule has 2 N–H and O–H groups in total. The fourth-order valence-corrected chi connectivity index (χ4v) is 1.87. The first-order valence-corrected chi connectivity index (χ1v) is 7.25. The molecule has 0 saturated heterocycles. The van der Waals surface area contributed by atoms with Crippen LogP contribution < -0.4 is 10.7 Å². The first kappa shape index (κ1) is 16.4. The Morgan fingerprint density at radius 3 is 1.91 bits per heavy atom. The molecule has 0 atom stereocenters. The number of hydrogen-bond acceptors (Lipinski definition) is 3. The molecule has 0 radical (unpaired) electrons. The van der Waals surface area contributed by atoms with Crippen LogP contribution in [0.2, 0.25) is 0 Å². The summed E-state index contributed by atoms with van der Waals surface area (Å²) < 4.78 is 0. The first-order valence-electron chi connectivity index (χ1n) is 7.25. The molecule has 2 rings (SSSR count). The summed E-state index contributed by atoms with van der Waals surface area (Å²) in [5.41, 5.74) is 6.56. The van der Waals surface area contributed by atoms with Crippen LogP contribution in [0, 0.1) is 13.8 Å². The van der Waals surface area contributed by atoms with Crippen molar-refractivity contribution in [3.8, 4) is 0 Å². The SMILES string of the molecule is C/C(=N/NC(=O)C(=O)Nc1ccc(C)cc1)c1ccc(C)cc1. The number of anilines is 1. The van der Waals surface area contributed by atoms with Crippen molar-refractivity contribution in [3.05, 3.63) is 65.2 Å². The summed E-state index contributed by atoms with van der Waals surface area (Å²) in [5.74, 6) is -1.56. The lowest BCUT2D eigenvalue weighted by Crippen LogP contribution is -2.32. The van der Waals surface area contributed by atoms with Crippen molar-refractivity contribution in [2.24, 2.45) is 5.10 Å². The standard InChI is InChI=1S/C18H19N3O2/c1-12-4-8-15(9-5-12)14(3)20-21-18(23)17(22)19-16-10-6-13(2)7-11-16/h4-11H,1-3H3,(H,19,22)(H,21,23)/b20-14-. The molecular formula is C18H19N3O2. The number of nitrogens with zero attached hydrogens (tertiary/aromatic N) is 1. The molecule has 118 valence electrons. The van der Waals surface area contributed by atoms with Gasteiger partial charge in [0.15, 0.2) is 0 Å². The number of rotatable bonds is 3. The van der Waals surface area contributed by atoms with Gasteiger partial charge in [0.1, 0.15) is 0 Å². The van der Waals surface area contributed by atoms with Crippen LogP contribution in [0.4, 0.5) is 5.69 Å². The number of hydrazone groups is 1. The quantitative estimate of drug-likeness (QED) is 0.520. The minimum atomic E-state index is -0.808. The second kappa shape index (κ2) is 7.35. The summed E-state index contributed by atoms with van der Waals surface area (Å²) in [6.07, 6.45) is 0. The van der Waals surface area contributed by atoms with E-state index in [1.54, 1.807) is 19.1 Å². The topological polar surface area (TPSA) is 70.6 Å². The van der Waals surface area contributed by atoms with E-state index in [2.05, 4.69) is 15.8 Å². The van der Waals surface area contributed by atoms with Crippen LogP contribution in [0.3, 0.4) is 0 Å². The molecule has 0 unspecified atom stereocenters. The Hall–Kier alpha value is -2.95. The van der Waals surface area contributed by atoms with Crippen molar-refractivity contribution in [2.45, 2.75) is 20.8 Å². The van der Waals surface area contributed by atoms with Gasteiger partial charge in [-0.3, -0.25) is 9.59 Å². The summed E-state index contributed by atoms with van der Waals surface area (Å²) in [6.45, 7) is 5.71. The van der Waals surface area contributed by atoms with Crippen molar-refractivity contribution in [3.63, 3.8) is 0 Å². The van der Waals surface area contributed by atoms with E-state index in [4.69, 9.17) is 0 Å². The fraction of sp³-hybridized carbons (Fsp3) is 0.167. The molecule has 23 heavy (non-hydrogen) atoms. The van der Waals surface area contributed by atoms with Crippen molar-refractivity contribution in [1.82, 2.24) is 5.43 Å². The molecule has 5 heteroatoms. The molecule has 0 bridgehead atoms. The highest BCUT2D eigenvalue weighted by atomic mass is 16.2. The van der Waals surface area contributed by atoms with Gasteiger partial charge in [-0.15, -0.1) is 0 Å². The van der Waals surface area contributed by atoms with Gasteiger partial charge in [-0.25, -0.2) is 5.43 Å². The van der Waals surface area contributed by atoms with Crippen molar-refractivity contribution in [1.29, 1.82) is 0 Å². The Balaban J connectivity index is 1.95. The van der Waals surface area contributed by atoms with E-state index in [1.807, 2.05) is 50.2 Å². The third-order valence-electron chi connectivity index (χ3n) is 3.31. The molecule has 0 aliphatic carbocycles. The Kier molecular flexibility index (Phi) is 5.25. The minimum absolute atomic E-state index is 0.565. The van der Waals surface area contributed by atoms with Crippen molar-refractivity contribution >= 4 is 23.2 Å². The Bertz CT molecular complexity index is 732. The normalized spacial score (nSPS) is 11.0. The van der Waals surface area contributed by atoms with E-state index < -0.39 is 11.8 Å². The first-order chi connectivity index (χ1) is 11.0. The maximum atomic E-state index is 11.8. The summed E-state index contributed by atoms with van der Waals surface area (Å²) in [4.78, 5) is 23.6. The van der Waals surface area contributed by atoms with E-state index in [9.17, 15) is 9.59 Å². The predicted molar refractivity (Wildman–Crippen MR) is 91.3 cm³/mol. The van der Waals surface area contributed by atoms with Gasteiger partial charge in [-0.1, -0.05) is 47.5 Å². The second-order valence-electron chi connectivity index (χ2n) is 5.32. The summed E-state index contributed by atoms with van der Waals surface area (Å²) in [7, 11) is 0. The third kappa shape index (κ3) is 4.78. The maximum Gasteiger partial charge on any atom is 0.329 e. The zero-order chi connectivity index (χ0) is 16.8. The van der Waals surface area contributed by atoms with Crippen molar-refractivity contribution in [2.75, 3.05) is 5.32 Å². The molecule has 0 heterocycles. The van der Waals surface area contributed by atoms with Gasteiger partial charge in [-0.05, 0) is 38.5 Å². The highest BCUT2D eigenvalue weighted by Gasteiger charge is 2.13. The van der Waals surface area contributed by atoms with Crippen LogP contribution in [0.5, 0.6) is 0 Å². The summed E-state index contributed by atoms with van der Waals surface area (Å²) in [6, 6.07) is 14.9. The van der Waals surface area contributed by atoms with Crippen LogP contribution in [0.15, 0.2) is 53.6 Å². The van der Waals surface area contributed by atoms with E-state index in [-0.39, 0.29) is 0 Å². The zero-order valence-corrected chi connectivity index (χ0v) is 13.4. The molecule has 0 saturated carbocycles. The number of amides is 2. The molecule has 2 aromatic rings. The van der Waals surface area contributed by atoms with Crippen LogP contribution in [-0.4, -0.2) is 17.5 Å². The maximum absolute atomic E-state index is 11.8.